The molecule has 112 valence electrons. The summed E-state index contributed by atoms with van der Waals surface area (Å²) >= 11 is 0. The van der Waals surface area contributed by atoms with Crippen LogP contribution in [0.25, 0.3) is 0 Å². The maximum Gasteiger partial charge on any atom is 0.229 e. The van der Waals surface area contributed by atoms with Crippen molar-refractivity contribution in [3.8, 4) is 0 Å². The van der Waals surface area contributed by atoms with Crippen molar-refractivity contribution >= 4 is 27.1 Å². The monoisotopic (exact) mass is 306 g/mol. The number of hydrogen-bond donors (Lipinski definition) is 4. The molecule has 2 aromatic carbocycles. The largest absolute Gasteiger partial charge is 0.399 e. The van der Waals surface area contributed by atoms with Gasteiger partial charge in [0.25, 0.3) is 0 Å². The van der Waals surface area contributed by atoms with Crippen LogP contribution >= 0.6 is 0 Å². The average Bonchev–Trinajstić information content (AvgIpc) is 2.35. The molecule has 0 saturated carbocycles. The van der Waals surface area contributed by atoms with E-state index in [-0.39, 0.29) is 6.04 Å². The van der Waals surface area contributed by atoms with Crippen LogP contribution in [0.4, 0.5) is 17.1 Å². The Morgan fingerprint density at radius 3 is 1.95 bits per heavy atom. The Morgan fingerprint density at radius 1 is 0.952 bits per heavy atom. The van der Waals surface area contributed by atoms with Crippen molar-refractivity contribution in [3.05, 3.63) is 53.6 Å². The number of hydrogen-bond acceptors (Lipinski definition) is 5. The van der Waals surface area contributed by atoms with Crippen LogP contribution in [0.15, 0.2) is 42.5 Å². The quantitative estimate of drug-likeness (QED) is 0.633. The molecule has 0 radical (unpaired) electrons. The Hall–Kier alpha value is -2.25. The molecule has 0 spiro atoms. The number of nitrogen functional groups attached to an aromatic ring is 2. The third kappa shape index (κ3) is 4.11. The molecule has 1 atom stereocenters. The van der Waals surface area contributed by atoms with E-state index in [1.807, 2.05) is 0 Å². The van der Waals surface area contributed by atoms with E-state index in [0.717, 1.165) is 17.4 Å². The van der Waals surface area contributed by atoms with Gasteiger partial charge in [0.15, 0.2) is 0 Å². The minimum atomic E-state index is -3.29. The molecular formula is C14H18N4O2S. The first kappa shape index (κ1) is 15.1. The maximum absolute atomic E-state index is 11.2. The first-order valence-electron chi connectivity index (χ1n) is 6.24. The van der Waals surface area contributed by atoms with E-state index in [2.05, 4.69) is 4.72 Å². The van der Waals surface area contributed by atoms with Gasteiger partial charge in [-0.15, -0.1) is 0 Å². The summed E-state index contributed by atoms with van der Waals surface area (Å²) in [5.74, 6) is 0. The van der Waals surface area contributed by atoms with Crippen LogP contribution in [0.1, 0.15) is 17.2 Å². The summed E-state index contributed by atoms with van der Waals surface area (Å²) in [6.45, 7) is 0. The molecule has 1 unspecified atom stereocenters. The highest BCUT2D eigenvalue weighted by Crippen LogP contribution is 2.25. The zero-order valence-corrected chi connectivity index (χ0v) is 12.4. The van der Waals surface area contributed by atoms with Gasteiger partial charge in [-0.1, -0.05) is 12.1 Å². The summed E-state index contributed by atoms with van der Waals surface area (Å²) in [4.78, 5) is 0. The molecule has 0 aliphatic rings. The fourth-order valence-electron chi connectivity index (χ4n) is 2.05. The van der Waals surface area contributed by atoms with Crippen LogP contribution in [0.5, 0.6) is 0 Å². The predicted octanol–water partition coefficient (Wildman–Crippen LogP) is 1.27. The summed E-state index contributed by atoms with van der Waals surface area (Å²) in [7, 11) is -3.29. The van der Waals surface area contributed by atoms with Gasteiger partial charge in [-0.3, -0.25) is 4.72 Å². The van der Waals surface area contributed by atoms with Crippen LogP contribution < -0.4 is 21.9 Å². The van der Waals surface area contributed by atoms with Gasteiger partial charge in [-0.25, -0.2) is 8.42 Å². The van der Waals surface area contributed by atoms with Gasteiger partial charge in [0.2, 0.25) is 10.0 Å². The van der Waals surface area contributed by atoms with Crippen LogP contribution in [0.3, 0.4) is 0 Å². The SMILES string of the molecule is CS(=O)(=O)Nc1ccc(C(N)c2cc(N)cc(N)c2)cc1. The summed E-state index contributed by atoms with van der Waals surface area (Å²) in [5, 5.41) is 0. The van der Waals surface area contributed by atoms with E-state index in [1.54, 1.807) is 42.5 Å². The molecule has 0 fully saturated rings. The van der Waals surface area contributed by atoms with Crippen molar-refractivity contribution in [2.75, 3.05) is 22.4 Å². The fraction of sp³-hybridized carbons (Fsp3) is 0.143. The summed E-state index contributed by atoms with van der Waals surface area (Å²) < 4.78 is 24.7. The first-order chi connectivity index (χ1) is 9.74. The smallest absolute Gasteiger partial charge is 0.229 e. The zero-order chi connectivity index (χ0) is 15.6. The lowest BCUT2D eigenvalue weighted by atomic mass is 9.98. The molecule has 0 bridgehead atoms. The Kier molecular flexibility index (Phi) is 4.06. The second kappa shape index (κ2) is 5.63. The van der Waals surface area contributed by atoms with Gasteiger partial charge in [0, 0.05) is 17.1 Å². The van der Waals surface area contributed by atoms with Gasteiger partial charge in [0.05, 0.1) is 12.3 Å². The van der Waals surface area contributed by atoms with Gasteiger partial charge in [0.1, 0.15) is 0 Å². The van der Waals surface area contributed by atoms with Crippen LogP contribution in [-0.4, -0.2) is 14.7 Å². The number of anilines is 3. The van der Waals surface area contributed by atoms with Crippen LogP contribution in [0, 0.1) is 0 Å². The van der Waals surface area contributed by atoms with Crippen LogP contribution in [-0.2, 0) is 10.0 Å². The minimum absolute atomic E-state index is 0.386. The molecule has 0 aliphatic heterocycles. The number of benzene rings is 2. The molecule has 2 rings (SSSR count). The van der Waals surface area contributed by atoms with Crippen molar-refractivity contribution in [1.82, 2.24) is 0 Å². The molecule has 2 aromatic rings. The summed E-state index contributed by atoms with van der Waals surface area (Å²) in [6.07, 6.45) is 1.10. The average molecular weight is 306 g/mol. The standard InChI is InChI=1S/C14H18N4O2S/c1-21(19,20)18-13-4-2-9(3-5-13)14(17)10-6-11(15)8-12(16)7-10/h2-8,14,18H,15-17H2,1H3. The predicted molar refractivity (Wildman–Crippen MR) is 86.2 cm³/mol. The molecule has 0 saturated heterocycles. The van der Waals surface area contributed by atoms with Crippen molar-refractivity contribution in [2.45, 2.75) is 6.04 Å². The van der Waals surface area contributed by atoms with Gasteiger partial charge < -0.3 is 17.2 Å². The Labute approximate surface area is 124 Å². The van der Waals surface area contributed by atoms with Crippen molar-refractivity contribution in [2.24, 2.45) is 5.73 Å². The van der Waals surface area contributed by atoms with Crippen molar-refractivity contribution in [3.63, 3.8) is 0 Å². The highest BCUT2D eigenvalue weighted by molar-refractivity contribution is 7.92. The second-order valence-electron chi connectivity index (χ2n) is 4.91. The third-order valence-corrected chi connectivity index (χ3v) is 3.54. The number of sulfonamides is 1. The number of nitrogens with two attached hydrogens (primary N) is 3. The molecule has 7 N–H and O–H groups in total. The number of rotatable bonds is 4. The highest BCUT2D eigenvalue weighted by atomic mass is 32.2. The normalized spacial score (nSPS) is 12.9. The first-order valence-corrected chi connectivity index (χ1v) is 8.13. The lowest BCUT2D eigenvalue weighted by molar-refractivity contribution is 0.607. The van der Waals surface area contributed by atoms with Crippen molar-refractivity contribution in [1.29, 1.82) is 0 Å². The summed E-state index contributed by atoms with van der Waals surface area (Å²) in [6, 6.07) is 11.7. The number of nitrogens with one attached hydrogen (secondary N) is 1. The van der Waals surface area contributed by atoms with Gasteiger partial charge in [-0.2, -0.15) is 0 Å². The van der Waals surface area contributed by atoms with Crippen LogP contribution in [0.2, 0.25) is 0 Å². The Morgan fingerprint density at radius 2 is 1.48 bits per heavy atom. The molecule has 0 aromatic heterocycles. The topological polar surface area (TPSA) is 124 Å². The lowest BCUT2D eigenvalue weighted by Gasteiger charge is -2.15. The van der Waals surface area contributed by atoms with Gasteiger partial charge >= 0.3 is 0 Å². The molecular weight excluding hydrogens is 288 g/mol. The van der Waals surface area contributed by atoms with Gasteiger partial charge in [-0.05, 0) is 41.5 Å². The van der Waals surface area contributed by atoms with E-state index in [9.17, 15) is 8.42 Å². The zero-order valence-electron chi connectivity index (χ0n) is 11.6. The van der Waals surface area contributed by atoms with E-state index >= 15 is 0 Å². The van der Waals surface area contributed by atoms with E-state index in [4.69, 9.17) is 17.2 Å². The van der Waals surface area contributed by atoms with E-state index in [1.165, 1.54) is 0 Å². The Balaban J connectivity index is 2.25. The highest BCUT2D eigenvalue weighted by Gasteiger charge is 2.11. The Bertz CT molecular complexity index is 722. The minimum Gasteiger partial charge on any atom is -0.399 e. The third-order valence-electron chi connectivity index (χ3n) is 2.93. The van der Waals surface area contributed by atoms with E-state index < -0.39 is 10.0 Å². The van der Waals surface area contributed by atoms with Crippen molar-refractivity contribution < 1.29 is 8.42 Å². The summed E-state index contributed by atoms with van der Waals surface area (Å²) in [5.41, 5.74) is 20.9. The molecule has 0 amide bonds. The fourth-order valence-corrected chi connectivity index (χ4v) is 2.61. The van der Waals surface area contributed by atoms with E-state index in [0.29, 0.717) is 17.1 Å². The molecule has 0 heterocycles. The molecule has 6 nitrogen and oxygen atoms in total. The molecule has 0 aliphatic carbocycles. The maximum atomic E-state index is 11.2. The molecule has 7 heteroatoms. The lowest BCUT2D eigenvalue weighted by Crippen LogP contribution is -2.13. The second-order valence-corrected chi connectivity index (χ2v) is 6.66. The molecule has 21 heavy (non-hydrogen) atoms.